The maximum Gasteiger partial charge on any atom is 0.255 e. The second kappa shape index (κ2) is 7.76. The Morgan fingerprint density at radius 3 is 2.65 bits per heavy atom. The Balaban J connectivity index is 1.86. The Labute approximate surface area is 159 Å². The molecule has 0 fully saturated rings. The normalized spacial score (nSPS) is 10.6. The summed E-state index contributed by atoms with van der Waals surface area (Å²) in [4.78, 5) is 12.6. The highest BCUT2D eigenvalue weighted by atomic mass is 79.9. The van der Waals surface area contributed by atoms with E-state index in [0.29, 0.717) is 33.0 Å². The number of furan rings is 1. The topological polar surface area (TPSA) is 71.7 Å². The van der Waals surface area contributed by atoms with Crippen molar-refractivity contribution in [2.24, 2.45) is 0 Å². The van der Waals surface area contributed by atoms with Crippen LogP contribution in [0.3, 0.4) is 0 Å². The summed E-state index contributed by atoms with van der Waals surface area (Å²) in [6, 6.07) is 14.4. The molecule has 134 valence electrons. The molecule has 26 heavy (non-hydrogen) atoms. The first-order valence-electron chi connectivity index (χ1n) is 7.97. The lowest BCUT2D eigenvalue weighted by molar-refractivity contribution is 0.102. The van der Waals surface area contributed by atoms with Crippen LogP contribution in [0.1, 0.15) is 21.7 Å². The lowest BCUT2D eigenvalue weighted by Gasteiger charge is -2.11. The third-order valence-corrected chi connectivity index (χ3v) is 4.62. The van der Waals surface area contributed by atoms with E-state index in [9.17, 15) is 4.79 Å². The van der Waals surface area contributed by atoms with Crippen molar-refractivity contribution in [3.05, 3.63) is 69.9 Å². The van der Waals surface area contributed by atoms with Gasteiger partial charge < -0.3 is 19.6 Å². The first-order valence-corrected chi connectivity index (χ1v) is 8.76. The summed E-state index contributed by atoms with van der Waals surface area (Å²) in [6.45, 7) is 1.77. The van der Waals surface area contributed by atoms with Gasteiger partial charge in [-0.1, -0.05) is 12.1 Å². The number of amides is 1. The summed E-state index contributed by atoms with van der Waals surface area (Å²) in [5, 5.41) is 12.1. The van der Waals surface area contributed by atoms with Crippen LogP contribution in [0.25, 0.3) is 11.3 Å². The number of aryl methyl sites for hydroxylation is 1. The second-order valence-corrected chi connectivity index (χ2v) is 6.61. The number of aliphatic hydroxyl groups is 1. The standard InChI is InChI=1S/C20H18BrNO4/c1-12-3-4-13(18-8-6-15(11-23)26-18)10-17(12)22-20(24)14-5-7-19(25-2)16(21)9-14/h3-10,23H,11H2,1-2H3,(H,22,24). The monoisotopic (exact) mass is 415 g/mol. The smallest absolute Gasteiger partial charge is 0.255 e. The van der Waals surface area contributed by atoms with Crippen LogP contribution in [0.2, 0.25) is 0 Å². The molecule has 0 aliphatic heterocycles. The summed E-state index contributed by atoms with van der Waals surface area (Å²) >= 11 is 3.39. The van der Waals surface area contributed by atoms with E-state index in [4.69, 9.17) is 14.3 Å². The van der Waals surface area contributed by atoms with E-state index in [-0.39, 0.29) is 12.5 Å². The zero-order valence-electron chi connectivity index (χ0n) is 14.4. The summed E-state index contributed by atoms with van der Waals surface area (Å²) in [6.07, 6.45) is 0. The number of halogens is 1. The Morgan fingerprint density at radius 1 is 1.19 bits per heavy atom. The zero-order valence-corrected chi connectivity index (χ0v) is 16.0. The van der Waals surface area contributed by atoms with E-state index < -0.39 is 0 Å². The summed E-state index contributed by atoms with van der Waals surface area (Å²) in [5.74, 6) is 1.58. The fourth-order valence-electron chi connectivity index (χ4n) is 2.53. The molecule has 1 amide bonds. The van der Waals surface area contributed by atoms with Crippen molar-refractivity contribution >= 4 is 27.5 Å². The number of ether oxygens (including phenoxy) is 1. The molecular weight excluding hydrogens is 398 g/mol. The van der Waals surface area contributed by atoms with Gasteiger partial charge in [0, 0.05) is 16.8 Å². The molecule has 0 aliphatic rings. The molecule has 0 saturated carbocycles. The van der Waals surface area contributed by atoms with Crippen LogP contribution in [0, 0.1) is 6.92 Å². The highest BCUT2D eigenvalue weighted by Crippen LogP contribution is 2.29. The van der Waals surface area contributed by atoms with E-state index in [2.05, 4.69) is 21.2 Å². The van der Waals surface area contributed by atoms with Crippen LogP contribution in [0.5, 0.6) is 5.75 Å². The maximum atomic E-state index is 12.6. The van der Waals surface area contributed by atoms with Gasteiger partial charge in [0.05, 0.1) is 11.6 Å². The summed E-state index contributed by atoms with van der Waals surface area (Å²) in [5.41, 5.74) is 2.97. The number of carbonyl (C=O) groups excluding carboxylic acids is 1. The average molecular weight is 416 g/mol. The molecule has 0 radical (unpaired) electrons. The minimum atomic E-state index is -0.218. The molecule has 0 atom stereocenters. The fraction of sp³-hybridized carbons (Fsp3) is 0.150. The van der Waals surface area contributed by atoms with Crippen LogP contribution < -0.4 is 10.1 Å². The van der Waals surface area contributed by atoms with Crippen molar-refractivity contribution in [2.75, 3.05) is 12.4 Å². The number of rotatable bonds is 5. The molecular formula is C20H18BrNO4. The molecule has 2 N–H and O–H groups in total. The van der Waals surface area contributed by atoms with E-state index in [1.807, 2.05) is 25.1 Å². The number of hydrogen-bond donors (Lipinski definition) is 2. The quantitative estimate of drug-likeness (QED) is 0.629. The molecule has 3 rings (SSSR count). The van der Waals surface area contributed by atoms with Crippen molar-refractivity contribution in [1.82, 2.24) is 0 Å². The first-order chi connectivity index (χ1) is 12.5. The van der Waals surface area contributed by atoms with Gasteiger partial charge in [-0.2, -0.15) is 0 Å². The third kappa shape index (κ3) is 3.81. The second-order valence-electron chi connectivity index (χ2n) is 5.76. The minimum Gasteiger partial charge on any atom is -0.496 e. The number of benzene rings is 2. The Bertz CT molecular complexity index is 949. The van der Waals surface area contributed by atoms with E-state index in [1.54, 1.807) is 37.4 Å². The highest BCUT2D eigenvalue weighted by molar-refractivity contribution is 9.10. The van der Waals surface area contributed by atoms with Crippen LogP contribution >= 0.6 is 15.9 Å². The number of aliphatic hydroxyl groups excluding tert-OH is 1. The van der Waals surface area contributed by atoms with E-state index in [0.717, 1.165) is 11.1 Å². The first kappa shape index (κ1) is 18.2. The number of nitrogens with one attached hydrogen (secondary N) is 1. The summed E-state index contributed by atoms with van der Waals surface area (Å²) < 4.78 is 11.5. The summed E-state index contributed by atoms with van der Waals surface area (Å²) in [7, 11) is 1.57. The Morgan fingerprint density at radius 2 is 2.00 bits per heavy atom. The minimum absolute atomic E-state index is 0.151. The zero-order chi connectivity index (χ0) is 18.7. The van der Waals surface area contributed by atoms with E-state index in [1.165, 1.54) is 0 Å². The van der Waals surface area contributed by atoms with Gasteiger partial charge in [-0.15, -0.1) is 0 Å². The number of anilines is 1. The van der Waals surface area contributed by atoms with Gasteiger partial charge in [0.15, 0.2) is 0 Å². The maximum absolute atomic E-state index is 12.6. The van der Waals surface area contributed by atoms with Gasteiger partial charge in [-0.25, -0.2) is 0 Å². The van der Waals surface area contributed by atoms with Crippen molar-refractivity contribution in [1.29, 1.82) is 0 Å². The predicted octanol–water partition coefficient (Wildman–Crippen LogP) is 4.77. The van der Waals surface area contributed by atoms with Crippen LogP contribution in [0.4, 0.5) is 5.69 Å². The molecule has 6 heteroatoms. The lowest BCUT2D eigenvalue weighted by atomic mass is 10.1. The number of hydrogen-bond acceptors (Lipinski definition) is 4. The molecule has 1 heterocycles. The molecule has 0 saturated heterocycles. The molecule has 0 spiro atoms. The molecule has 1 aromatic heterocycles. The fourth-order valence-corrected chi connectivity index (χ4v) is 3.07. The number of carbonyl (C=O) groups is 1. The molecule has 2 aromatic carbocycles. The molecule has 0 unspecified atom stereocenters. The van der Waals surface area contributed by atoms with Crippen LogP contribution in [0.15, 0.2) is 57.4 Å². The van der Waals surface area contributed by atoms with Crippen molar-refractivity contribution < 1.29 is 19.1 Å². The highest BCUT2D eigenvalue weighted by Gasteiger charge is 2.12. The SMILES string of the molecule is COc1ccc(C(=O)Nc2cc(-c3ccc(CO)o3)ccc2C)cc1Br. The van der Waals surface area contributed by atoms with Crippen molar-refractivity contribution in [3.8, 4) is 17.1 Å². The molecule has 0 aliphatic carbocycles. The van der Waals surface area contributed by atoms with E-state index >= 15 is 0 Å². The molecule has 5 nitrogen and oxygen atoms in total. The van der Waals surface area contributed by atoms with Gasteiger partial charge in [0.2, 0.25) is 0 Å². The van der Waals surface area contributed by atoms with Crippen molar-refractivity contribution in [2.45, 2.75) is 13.5 Å². The third-order valence-electron chi connectivity index (χ3n) is 4.00. The van der Waals surface area contributed by atoms with Crippen LogP contribution in [-0.2, 0) is 6.61 Å². The predicted molar refractivity (Wildman–Crippen MR) is 103 cm³/mol. The van der Waals surface area contributed by atoms with Gasteiger partial charge in [-0.05, 0) is 64.8 Å². The van der Waals surface area contributed by atoms with Gasteiger partial charge in [-0.3, -0.25) is 4.79 Å². The molecule has 3 aromatic rings. The number of methoxy groups -OCH3 is 1. The van der Waals surface area contributed by atoms with Gasteiger partial charge >= 0.3 is 0 Å². The molecule has 0 bridgehead atoms. The Hall–Kier alpha value is -2.57. The van der Waals surface area contributed by atoms with Gasteiger partial charge in [0.1, 0.15) is 23.9 Å². The Kier molecular flexibility index (Phi) is 5.44. The van der Waals surface area contributed by atoms with Crippen LogP contribution in [-0.4, -0.2) is 18.1 Å². The van der Waals surface area contributed by atoms with Crippen molar-refractivity contribution in [3.63, 3.8) is 0 Å². The largest absolute Gasteiger partial charge is 0.496 e. The van der Waals surface area contributed by atoms with Gasteiger partial charge in [0.25, 0.3) is 5.91 Å². The average Bonchev–Trinajstić information content (AvgIpc) is 3.12. The lowest BCUT2D eigenvalue weighted by Crippen LogP contribution is -2.13.